The molecule has 1 aliphatic heterocycles. The highest BCUT2D eigenvalue weighted by molar-refractivity contribution is 5.79. The monoisotopic (exact) mass is 296 g/mol. The highest BCUT2D eigenvalue weighted by atomic mass is 16.4. The zero-order valence-corrected chi connectivity index (χ0v) is 13.5. The van der Waals surface area contributed by atoms with Crippen LogP contribution in [0.2, 0.25) is 0 Å². The maximum atomic E-state index is 12.7. The standard InChI is InChI=1S/C16H28N2O3/c1-5-8-16(14(19)20)9-7-11-17(12-16)15(21)18(10-6-2)13(3)4/h6,13H,2,5,7-12H2,1,3-4H3,(H,19,20). The molecule has 0 radical (unpaired) electrons. The molecule has 1 saturated heterocycles. The van der Waals surface area contributed by atoms with E-state index in [9.17, 15) is 14.7 Å². The van der Waals surface area contributed by atoms with Crippen LogP contribution in [0.4, 0.5) is 4.79 Å². The summed E-state index contributed by atoms with van der Waals surface area (Å²) in [6, 6.07) is -0.00541. The van der Waals surface area contributed by atoms with Gasteiger partial charge in [-0.2, -0.15) is 0 Å². The Hall–Kier alpha value is -1.52. The van der Waals surface area contributed by atoms with Crippen LogP contribution in [0.15, 0.2) is 12.7 Å². The molecule has 21 heavy (non-hydrogen) atoms. The van der Waals surface area contributed by atoms with Crippen molar-refractivity contribution in [1.29, 1.82) is 0 Å². The second-order valence-corrected chi connectivity index (χ2v) is 6.18. The van der Waals surface area contributed by atoms with Gasteiger partial charge in [-0.25, -0.2) is 4.79 Å². The number of urea groups is 1. The lowest BCUT2D eigenvalue weighted by atomic mass is 9.76. The third kappa shape index (κ3) is 3.99. The van der Waals surface area contributed by atoms with Gasteiger partial charge in [0.15, 0.2) is 0 Å². The van der Waals surface area contributed by atoms with Crippen molar-refractivity contribution in [1.82, 2.24) is 9.80 Å². The molecule has 5 heteroatoms. The number of rotatable bonds is 6. The molecule has 1 rings (SSSR count). The van der Waals surface area contributed by atoms with Crippen LogP contribution in [-0.2, 0) is 4.79 Å². The first-order valence-corrected chi connectivity index (χ1v) is 7.77. The fourth-order valence-electron chi connectivity index (χ4n) is 3.09. The molecule has 2 amide bonds. The molecule has 0 aliphatic carbocycles. The van der Waals surface area contributed by atoms with Crippen molar-refractivity contribution >= 4 is 12.0 Å². The van der Waals surface area contributed by atoms with E-state index in [4.69, 9.17) is 0 Å². The summed E-state index contributed by atoms with van der Waals surface area (Å²) in [6.07, 6.45) is 4.55. The Labute approximate surface area is 127 Å². The van der Waals surface area contributed by atoms with Gasteiger partial charge < -0.3 is 14.9 Å². The Bertz CT molecular complexity index is 391. The van der Waals surface area contributed by atoms with Gasteiger partial charge in [0.05, 0.1) is 5.41 Å². The van der Waals surface area contributed by atoms with Crippen molar-refractivity contribution < 1.29 is 14.7 Å². The average molecular weight is 296 g/mol. The van der Waals surface area contributed by atoms with E-state index in [1.165, 1.54) is 0 Å². The normalized spacial score (nSPS) is 22.2. The molecule has 120 valence electrons. The van der Waals surface area contributed by atoms with Crippen LogP contribution in [0, 0.1) is 5.41 Å². The largest absolute Gasteiger partial charge is 0.481 e. The van der Waals surface area contributed by atoms with E-state index in [2.05, 4.69) is 6.58 Å². The number of amides is 2. The van der Waals surface area contributed by atoms with E-state index in [0.29, 0.717) is 32.5 Å². The van der Waals surface area contributed by atoms with Crippen LogP contribution in [0.3, 0.4) is 0 Å². The van der Waals surface area contributed by atoms with Crippen LogP contribution in [0.1, 0.15) is 46.5 Å². The Morgan fingerprint density at radius 3 is 2.62 bits per heavy atom. The lowest BCUT2D eigenvalue weighted by Gasteiger charge is -2.42. The van der Waals surface area contributed by atoms with Gasteiger partial charge in [0.2, 0.25) is 0 Å². The highest BCUT2D eigenvalue weighted by Gasteiger charge is 2.43. The molecule has 0 aromatic heterocycles. The van der Waals surface area contributed by atoms with Gasteiger partial charge in [-0.15, -0.1) is 6.58 Å². The van der Waals surface area contributed by atoms with Crippen molar-refractivity contribution in [2.75, 3.05) is 19.6 Å². The van der Waals surface area contributed by atoms with Gasteiger partial charge in [-0.05, 0) is 33.1 Å². The molecule has 0 aromatic carbocycles. The first-order valence-electron chi connectivity index (χ1n) is 7.77. The number of hydrogen-bond donors (Lipinski definition) is 1. The second-order valence-electron chi connectivity index (χ2n) is 6.18. The third-order valence-corrected chi connectivity index (χ3v) is 4.22. The van der Waals surface area contributed by atoms with Crippen LogP contribution in [-0.4, -0.2) is 52.6 Å². The molecular formula is C16H28N2O3. The van der Waals surface area contributed by atoms with Crippen LogP contribution in [0.25, 0.3) is 0 Å². The molecule has 0 spiro atoms. The summed E-state index contributed by atoms with van der Waals surface area (Å²) in [4.78, 5) is 27.8. The van der Waals surface area contributed by atoms with Gasteiger partial charge in [0.1, 0.15) is 0 Å². The van der Waals surface area contributed by atoms with Crippen molar-refractivity contribution in [3.8, 4) is 0 Å². The number of carboxylic acids is 1. The molecule has 1 fully saturated rings. The minimum Gasteiger partial charge on any atom is -0.481 e. The van der Waals surface area contributed by atoms with Gasteiger partial charge in [0.25, 0.3) is 0 Å². The fraction of sp³-hybridized carbons (Fsp3) is 0.750. The van der Waals surface area contributed by atoms with Crippen LogP contribution in [0.5, 0.6) is 0 Å². The molecular weight excluding hydrogens is 268 g/mol. The van der Waals surface area contributed by atoms with Gasteiger partial charge in [0, 0.05) is 25.7 Å². The number of nitrogens with zero attached hydrogens (tertiary/aromatic N) is 2. The smallest absolute Gasteiger partial charge is 0.320 e. The summed E-state index contributed by atoms with van der Waals surface area (Å²) in [6.45, 7) is 11.0. The van der Waals surface area contributed by atoms with Crippen molar-refractivity contribution in [3.05, 3.63) is 12.7 Å². The predicted octanol–water partition coefficient (Wildman–Crippen LogP) is 2.97. The van der Waals surface area contributed by atoms with Gasteiger partial charge in [-0.3, -0.25) is 4.79 Å². The Balaban J connectivity index is 2.89. The maximum Gasteiger partial charge on any atom is 0.320 e. The first-order chi connectivity index (χ1) is 9.88. The molecule has 1 N–H and O–H groups in total. The van der Waals surface area contributed by atoms with E-state index >= 15 is 0 Å². The van der Waals surface area contributed by atoms with E-state index in [0.717, 1.165) is 12.8 Å². The predicted molar refractivity (Wildman–Crippen MR) is 83.2 cm³/mol. The van der Waals surface area contributed by atoms with E-state index in [1.807, 2.05) is 20.8 Å². The number of carbonyl (C=O) groups is 2. The highest BCUT2D eigenvalue weighted by Crippen LogP contribution is 2.35. The number of aliphatic carboxylic acids is 1. The molecule has 5 nitrogen and oxygen atoms in total. The lowest BCUT2D eigenvalue weighted by molar-refractivity contribution is -0.152. The summed E-state index contributed by atoms with van der Waals surface area (Å²) < 4.78 is 0. The summed E-state index contributed by atoms with van der Waals surface area (Å²) >= 11 is 0. The number of carbonyl (C=O) groups excluding carboxylic acids is 1. The zero-order valence-electron chi connectivity index (χ0n) is 13.5. The van der Waals surface area contributed by atoms with E-state index in [1.54, 1.807) is 15.9 Å². The van der Waals surface area contributed by atoms with Crippen molar-refractivity contribution in [2.24, 2.45) is 5.41 Å². The Kier molecular flexibility index (Phi) is 6.24. The van der Waals surface area contributed by atoms with Gasteiger partial charge in [-0.1, -0.05) is 19.4 Å². The topological polar surface area (TPSA) is 60.9 Å². The molecule has 1 aliphatic rings. The number of carboxylic acid groups (broad SMARTS) is 1. The molecule has 1 atom stereocenters. The van der Waals surface area contributed by atoms with Crippen molar-refractivity contribution in [3.63, 3.8) is 0 Å². The Morgan fingerprint density at radius 1 is 1.48 bits per heavy atom. The molecule has 1 unspecified atom stereocenters. The van der Waals surface area contributed by atoms with Crippen LogP contribution >= 0.6 is 0 Å². The fourth-order valence-corrected chi connectivity index (χ4v) is 3.09. The summed E-state index contributed by atoms with van der Waals surface area (Å²) in [5.41, 5.74) is -0.778. The number of hydrogen-bond acceptors (Lipinski definition) is 2. The van der Waals surface area contributed by atoms with Crippen LogP contribution < -0.4 is 0 Å². The van der Waals surface area contributed by atoms with E-state index in [-0.39, 0.29) is 12.1 Å². The average Bonchev–Trinajstić information content (AvgIpc) is 2.44. The van der Waals surface area contributed by atoms with Gasteiger partial charge >= 0.3 is 12.0 Å². The molecule has 0 aromatic rings. The zero-order chi connectivity index (χ0) is 16.0. The summed E-state index contributed by atoms with van der Waals surface area (Å²) in [7, 11) is 0. The maximum absolute atomic E-state index is 12.7. The quantitative estimate of drug-likeness (QED) is 0.767. The minimum atomic E-state index is -0.778. The molecule has 1 heterocycles. The lowest BCUT2D eigenvalue weighted by Crippen LogP contribution is -2.54. The number of likely N-dealkylation sites (tertiary alicyclic amines) is 1. The molecule has 0 bridgehead atoms. The molecule has 0 saturated carbocycles. The summed E-state index contributed by atoms with van der Waals surface area (Å²) in [5, 5.41) is 9.60. The van der Waals surface area contributed by atoms with E-state index < -0.39 is 11.4 Å². The van der Waals surface area contributed by atoms with Crippen molar-refractivity contribution in [2.45, 2.75) is 52.5 Å². The number of piperidine rings is 1. The Morgan fingerprint density at radius 2 is 2.14 bits per heavy atom. The minimum absolute atomic E-state index is 0.0721. The second kappa shape index (κ2) is 7.48. The third-order valence-electron chi connectivity index (χ3n) is 4.22. The SMILES string of the molecule is C=CCN(C(=O)N1CCCC(CCC)(C(=O)O)C1)C(C)C. The first kappa shape index (κ1) is 17.5. The summed E-state index contributed by atoms with van der Waals surface area (Å²) in [5.74, 6) is -0.776.